The van der Waals surface area contributed by atoms with Crippen LogP contribution in [-0.4, -0.2) is 25.8 Å². The van der Waals surface area contributed by atoms with Gasteiger partial charge in [-0.05, 0) is 25.7 Å². The van der Waals surface area contributed by atoms with Crippen molar-refractivity contribution in [2.45, 2.75) is 25.7 Å². The van der Waals surface area contributed by atoms with E-state index in [4.69, 9.17) is 0 Å². The second kappa shape index (κ2) is 3.91. The van der Waals surface area contributed by atoms with E-state index in [1.165, 1.54) is 22.4 Å². The molecule has 0 atom stereocenters. The smallest absolute Gasteiger partial charge is 0.354 e. The third-order valence-corrected chi connectivity index (χ3v) is 4.51. The van der Waals surface area contributed by atoms with Gasteiger partial charge in [-0.15, -0.1) is 11.3 Å². The molecule has 3 rings (SSSR count). The minimum absolute atomic E-state index is 0.200. The van der Waals surface area contributed by atoms with Crippen molar-refractivity contribution < 1.29 is 9.90 Å². The van der Waals surface area contributed by atoms with Crippen molar-refractivity contribution in [1.29, 1.82) is 0 Å². The number of aromatic carboxylic acids is 1. The third-order valence-electron chi connectivity index (χ3n) is 3.15. The minimum atomic E-state index is -0.967. The molecule has 2 aromatic heterocycles. The molecule has 1 aliphatic carbocycles. The van der Waals surface area contributed by atoms with Gasteiger partial charge in [0.15, 0.2) is 5.69 Å². The van der Waals surface area contributed by atoms with Crippen LogP contribution >= 0.6 is 11.3 Å². The highest BCUT2D eigenvalue weighted by Crippen LogP contribution is 2.46. The molecule has 1 N–H and O–H groups in total. The van der Waals surface area contributed by atoms with E-state index < -0.39 is 5.97 Å². The average Bonchev–Trinajstić information content (AvgIpc) is 2.96. The van der Waals surface area contributed by atoms with Crippen molar-refractivity contribution in [2.75, 3.05) is 0 Å². The van der Waals surface area contributed by atoms with Crippen LogP contribution in [0.2, 0.25) is 0 Å². The number of aryl methyl sites for hydroxylation is 2. The largest absolute Gasteiger partial charge is 0.477 e. The number of carboxylic acids is 1. The molecule has 0 unspecified atom stereocenters. The van der Waals surface area contributed by atoms with E-state index >= 15 is 0 Å². The van der Waals surface area contributed by atoms with Gasteiger partial charge >= 0.3 is 5.97 Å². The van der Waals surface area contributed by atoms with Crippen LogP contribution in [0, 0.1) is 6.92 Å². The molecular weight excluding hydrogens is 250 g/mol. The number of carboxylic acid groups (broad SMARTS) is 1. The summed E-state index contributed by atoms with van der Waals surface area (Å²) in [5.74, 6) is -0.327. The van der Waals surface area contributed by atoms with Crippen LogP contribution in [0.4, 0.5) is 0 Å². The topological polar surface area (TPSA) is 68.0 Å². The highest BCUT2D eigenvalue weighted by atomic mass is 32.1. The molecule has 5 nitrogen and oxygen atoms in total. The predicted molar refractivity (Wildman–Crippen MR) is 68.0 cm³/mol. The van der Waals surface area contributed by atoms with Crippen molar-refractivity contribution in [2.24, 2.45) is 7.05 Å². The number of aromatic nitrogens is 3. The number of thiazole rings is 1. The Kier molecular flexibility index (Phi) is 2.48. The fraction of sp³-hybridized carbons (Fsp3) is 0.417. The summed E-state index contributed by atoms with van der Waals surface area (Å²) in [4.78, 5) is 17.0. The molecule has 2 heterocycles. The Morgan fingerprint density at radius 3 is 2.89 bits per heavy atom. The van der Waals surface area contributed by atoms with Crippen LogP contribution in [-0.2, 0) is 7.05 Å². The third kappa shape index (κ3) is 1.73. The number of carbonyl (C=O) groups is 1. The highest BCUT2D eigenvalue weighted by Gasteiger charge is 2.29. The van der Waals surface area contributed by atoms with Crippen LogP contribution in [0.5, 0.6) is 0 Å². The monoisotopic (exact) mass is 263 g/mol. The van der Waals surface area contributed by atoms with Crippen molar-refractivity contribution in [3.05, 3.63) is 22.5 Å². The second-order valence-corrected chi connectivity index (χ2v) is 5.61. The first-order valence-electron chi connectivity index (χ1n) is 5.81. The van der Waals surface area contributed by atoms with Crippen LogP contribution in [0.15, 0.2) is 6.20 Å². The van der Waals surface area contributed by atoms with Gasteiger partial charge in [-0.25, -0.2) is 9.78 Å². The summed E-state index contributed by atoms with van der Waals surface area (Å²) in [5.41, 5.74) is 1.84. The molecule has 1 saturated carbocycles. The van der Waals surface area contributed by atoms with E-state index in [2.05, 4.69) is 10.1 Å². The van der Waals surface area contributed by atoms with Crippen LogP contribution in [0.1, 0.15) is 39.8 Å². The lowest BCUT2D eigenvalue weighted by Crippen LogP contribution is -2.06. The van der Waals surface area contributed by atoms with Crippen LogP contribution in [0.25, 0.3) is 10.6 Å². The van der Waals surface area contributed by atoms with Crippen molar-refractivity contribution >= 4 is 17.3 Å². The molecular formula is C12H13N3O2S. The van der Waals surface area contributed by atoms with Gasteiger partial charge in [0.25, 0.3) is 0 Å². The summed E-state index contributed by atoms with van der Waals surface area (Å²) in [6.07, 6.45) is 4.03. The van der Waals surface area contributed by atoms with Gasteiger partial charge in [-0.1, -0.05) is 0 Å². The normalized spacial score (nSPS) is 15.0. The highest BCUT2D eigenvalue weighted by molar-refractivity contribution is 7.15. The van der Waals surface area contributed by atoms with Crippen molar-refractivity contribution in [1.82, 2.24) is 14.8 Å². The molecule has 6 heteroatoms. The summed E-state index contributed by atoms with van der Waals surface area (Å²) in [6, 6.07) is 0. The fourth-order valence-corrected chi connectivity index (χ4v) is 3.34. The van der Waals surface area contributed by atoms with E-state index in [0.29, 0.717) is 11.5 Å². The van der Waals surface area contributed by atoms with Gasteiger partial charge in [-0.2, -0.15) is 5.10 Å². The van der Waals surface area contributed by atoms with Gasteiger partial charge in [-0.3, -0.25) is 4.68 Å². The fourth-order valence-electron chi connectivity index (χ4n) is 2.10. The Balaban J connectivity index is 2.09. The SMILES string of the molecule is Cc1nc(-c2cnn(C)c2C(=O)O)sc1C1CC1. The molecule has 1 fully saturated rings. The molecule has 0 saturated heterocycles. The zero-order chi connectivity index (χ0) is 12.9. The zero-order valence-corrected chi connectivity index (χ0v) is 11.0. The maximum Gasteiger partial charge on any atom is 0.354 e. The first-order chi connectivity index (χ1) is 8.58. The van der Waals surface area contributed by atoms with E-state index in [1.54, 1.807) is 24.6 Å². The summed E-state index contributed by atoms with van der Waals surface area (Å²) >= 11 is 1.60. The molecule has 0 aliphatic heterocycles. The van der Waals surface area contributed by atoms with Crippen LogP contribution < -0.4 is 0 Å². The summed E-state index contributed by atoms with van der Waals surface area (Å²) in [5, 5.41) is 14.0. The number of hydrogen-bond acceptors (Lipinski definition) is 4. The van der Waals surface area contributed by atoms with Gasteiger partial charge in [0.1, 0.15) is 5.01 Å². The Morgan fingerprint density at radius 1 is 1.56 bits per heavy atom. The van der Waals surface area contributed by atoms with E-state index in [9.17, 15) is 9.90 Å². The van der Waals surface area contributed by atoms with Crippen molar-refractivity contribution in [3.8, 4) is 10.6 Å². The molecule has 94 valence electrons. The van der Waals surface area contributed by atoms with E-state index in [0.717, 1.165) is 10.7 Å². The standard InChI is InChI=1S/C12H13N3O2S/c1-6-10(7-3-4-7)18-11(14-6)8-5-13-15(2)9(8)12(16)17/h5,7H,3-4H2,1-2H3,(H,16,17). The van der Waals surface area contributed by atoms with Gasteiger partial charge in [0.2, 0.25) is 0 Å². The second-order valence-electron chi connectivity index (χ2n) is 4.58. The Morgan fingerprint density at radius 2 is 2.28 bits per heavy atom. The Bertz CT molecular complexity index is 625. The first kappa shape index (κ1) is 11.4. The lowest BCUT2D eigenvalue weighted by molar-refractivity contribution is 0.0686. The lowest BCUT2D eigenvalue weighted by atomic mass is 10.2. The molecule has 1 aliphatic rings. The maximum atomic E-state index is 11.2. The molecule has 0 aromatic carbocycles. The molecule has 0 amide bonds. The van der Waals surface area contributed by atoms with Crippen LogP contribution in [0.3, 0.4) is 0 Å². The number of nitrogens with zero attached hydrogens (tertiary/aromatic N) is 3. The van der Waals surface area contributed by atoms with Crippen molar-refractivity contribution in [3.63, 3.8) is 0 Å². The first-order valence-corrected chi connectivity index (χ1v) is 6.62. The summed E-state index contributed by atoms with van der Waals surface area (Å²) < 4.78 is 1.38. The predicted octanol–water partition coefficient (Wildman–Crippen LogP) is 2.43. The van der Waals surface area contributed by atoms with Gasteiger partial charge in [0, 0.05) is 11.9 Å². The zero-order valence-electron chi connectivity index (χ0n) is 10.2. The van der Waals surface area contributed by atoms with Gasteiger partial charge < -0.3 is 5.11 Å². The molecule has 0 bridgehead atoms. The number of hydrogen-bond donors (Lipinski definition) is 1. The Hall–Kier alpha value is -1.69. The molecule has 18 heavy (non-hydrogen) atoms. The van der Waals surface area contributed by atoms with E-state index in [1.807, 2.05) is 6.92 Å². The lowest BCUT2D eigenvalue weighted by Gasteiger charge is -1.97. The Labute approximate surface area is 108 Å². The maximum absolute atomic E-state index is 11.2. The minimum Gasteiger partial charge on any atom is -0.477 e. The van der Waals surface area contributed by atoms with E-state index in [-0.39, 0.29) is 5.69 Å². The summed E-state index contributed by atoms with van der Waals surface area (Å²) in [6.45, 7) is 1.99. The quantitative estimate of drug-likeness (QED) is 0.923. The summed E-state index contributed by atoms with van der Waals surface area (Å²) in [7, 11) is 1.63. The number of rotatable bonds is 3. The molecule has 2 aromatic rings. The molecule has 0 radical (unpaired) electrons. The average molecular weight is 263 g/mol. The molecule has 0 spiro atoms. The van der Waals surface area contributed by atoms with Gasteiger partial charge in [0.05, 0.1) is 17.5 Å².